The van der Waals surface area contributed by atoms with Crippen molar-refractivity contribution in [2.24, 2.45) is 5.92 Å². The lowest BCUT2D eigenvalue weighted by Crippen LogP contribution is -2.52. The number of hydrogen-bond donors (Lipinski definition) is 1. The number of nitrogens with one attached hydrogen (secondary N) is 1. The highest BCUT2D eigenvalue weighted by atomic mass is 16.2. The summed E-state index contributed by atoms with van der Waals surface area (Å²) >= 11 is 0. The maximum Gasteiger partial charge on any atom is 0.225 e. The van der Waals surface area contributed by atoms with Crippen LogP contribution in [0.2, 0.25) is 0 Å². The van der Waals surface area contributed by atoms with Gasteiger partial charge in [-0.1, -0.05) is 6.07 Å². The van der Waals surface area contributed by atoms with Crippen LogP contribution in [0.15, 0.2) is 12.3 Å². The van der Waals surface area contributed by atoms with Crippen LogP contribution in [0, 0.1) is 5.92 Å². The summed E-state index contributed by atoms with van der Waals surface area (Å²) in [6.45, 7) is 2.69. The van der Waals surface area contributed by atoms with E-state index in [1.165, 1.54) is 0 Å². The van der Waals surface area contributed by atoms with Gasteiger partial charge in [0.05, 0.1) is 5.92 Å². The third kappa shape index (κ3) is 3.00. The zero-order valence-electron chi connectivity index (χ0n) is 12.6. The van der Waals surface area contributed by atoms with Gasteiger partial charge in [0, 0.05) is 32.1 Å². The van der Waals surface area contributed by atoms with E-state index in [1.54, 1.807) is 18.0 Å². The fourth-order valence-corrected chi connectivity index (χ4v) is 2.79. The molecule has 1 fully saturated rings. The summed E-state index contributed by atoms with van der Waals surface area (Å²) < 4.78 is 0. The second kappa shape index (κ2) is 5.87. The average Bonchev–Trinajstić information content (AvgIpc) is 2.43. The van der Waals surface area contributed by atoms with Crippen molar-refractivity contribution in [3.8, 4) is 0 Å². The van der Waals surface area contributed by atoms with Crippen molar-refractivity contribution in [3.05, 3.63) is 23.4 Å². The Bertz CT molecular complexity index is 636. The quantitative estimate of drug-likeness (QED) is 0.898. The van der Waals surface area contributed by atoms with E-state index in [9.17, 15) is 14.4 Å². The number of Topliss-reactive ketones (excluding diaryl/α,β-unsaturated/α-hetero) is 1. The minimum atomic E-state index is 0.000682. The summed E-state index contributed by atoms with van der Waals surface area (Å²) in [6, 6.07) is 2.02. The molecule has 0 radical (unpaired) electrons. The second-order valence-corrected chi connectivity index (χ2v) is 6.01. The standard InChI is InChI=1S/C16H19N3O3/c1-10(20)13-8-19(9-13)15(22)5-2-11-6-12-3-4-14(21)18-16(12)17-7-11/h6-7,13H,2-5,8-9H2,1H3,(H,17,18,21). The highest BCUT2D eigenvalue weighted by molar-refractivity contribution is 5.92. The highest BCUT2D eigenvalue weighted by Crippen LogP contribution is 2.22. The number of fused-ring (bicyclic) bond motifs is 1. The number of aromatic nitrogens is 1. The molecular weight excluding hydrogens is 282 g/mol. The first kappa shape index (κ1) is 14.7. The molecule has 0 aliphatic carbocycles. The lowest BCUT2D eigenvalue weighted by Gasteiger charge is -2.37. The van der Waals surface area contributed by atoms with E-state index in [0.717, 1.165) is 11.1 Å². The predicted octanol–water partition coefficient (Wildman–Crippen LogP) is 0.946. The summed E-state index contributed by atoms with van der Waals surface area (Å²) in [5.74, 6) is 0.908. The van der Waals surface area contributed by atoms with Gasteiger partial charge in [-0.05, 0) is 30.9 Å². The molecule has 6 nitrogen and oxygen atoms in total. The Morgan fingerprint density at radius 3 is 2.86 bits per heavy atom. The number of carbonyl (C=O) groups excluding carboxylic acids is 3. The van der Waals surface area contributed by atoms with Crippen LogP contribution in [0.4, 0.5) is 5.82 Å². The average molecular weight is 301 g/mol. The van der Waals surface area contributed by atoms with Crippen molar-refractivity contribution < 1.29 is 14.4 Å². The van der Waals surface area contributed by atoms with Crippen LogP contribution in [0.3, 0.4) is 0 Å². The van der Waals surface area contributed by atoms with Crippen molar-refractivity contribution in [2.75, 3.05) is 18.4 Å². The Hall–Kier alpha value is -2.24. The van der Waals surface area contributed by atoms with Gasteiger partial charge in [0.1, 0.15) is 11.6 Å². The summed E-state index contributed by atoms with van der Waals surface area (Å²) in [5, 5.41) is 2.75. The molecule has 1 saturated heterocycles. The number of nitrogens with zero attached hydrogens (tertiary/aromatic N) is 2. The van der Waals surface area contributed by atoms with Gasteiger partial charge in [-0.25, -0.2) is 4.98 Å². The van der Waals surface area contributed by atoms with Gasteiger partial charge in [0.15, 0.2) is 0 Å². The van der Waals surface area contributed by atoms with Crippen molar-refractivity contribution in [2.45, 2.75) is 32.6 Å². The number of ketones is 1. The number of aryl methyl sites for hydroxylation is 2. The third-order valence-electron chi connectivity index (χ3n) is 4.34. The van der Waals surface area contributed by atoms with Gasteiger partial charge in [-0.2, -0.15) is 0 Å². The molecule has 22 heavy (non-hydrogen) atoms. The Morgan fingerprint density at radius 1 is 1.36 bits per heavy atom. The minimum absolute atomic E-state index is 0.000682. The fraction of sp³-hybridized carbons (Fsp3) is 0.500. The van der Waals surface area contributed by atoms with E-state index in [4.69, 9.17) is 0 Å². The number of carbonyl (C=O) groups is 3. The molecule has 0 bridgehead atoms. The first-order valence-corrected chi connectivity index (χ1v) is 7.59. The summed E-state index contributed by atoms with van der Waals surface area (Å²) in [4.78, 5) is 40.5. The van der Waals surface area contributed by atoms with Crippen LogP contribution in [-0.2, 0) is 27.2 Å². The lowest BCUT2D eigenvalue weighted by molar-refractivity contribution is -0.141. The fourth-order valence-electron chi connectivity index (χ4n) is 2.79. The van der Waals surface area contributed by atoms with Crippen LogP contribution in [0.25, 0.3) is 0 Å². The molecule has 3 rings (SSSR count). The molecule has 116 valence electrons. The van der Waals surface area contributed by atoms with Crippen molar-refractivity contribution in [3.63, 3.8) is 0 Å². The maximum atomic E-state index is 12.0. The zero-order chi connectivity index (χ0) is 15.7. The predicted molar refractivity (Wildman–Crippen MR) is 80.3 cm³/mol. The lowest BCUT2D eigenvalue weighted by atomic mass is 9.95. The molecule has 1 aromatic rings. The monoisotopic (exact) mass is 301 g/mol. The van der Waals surface area contributed by atoms with Gasteiger partial charge in [0.2, 0.25) is 11.8 Å². The van der Waals surface area contributed by atoms with Gasteiger partial charge < -0.3 is 10.2 Å². The molecule has 0 atom stereocenters. The number of rotatable bonds is 4. The maximum absolute atomic E-state index is 12.0. The topological polar surface area (TPSA) is 79.4 Å². The Balaban J connectivity index is 1.53. The second-order valence-electron chi connectivity index (χ2n) is 6.01. The first-order chi connectivity index (χ1) is 10.5. The van der Waals surface area contributed by atoms with E-state index in [-0.39, 0.29) is 23.5 Å². The first-order valence-electron chi connectivity index (χ1n) is 7.59. The largest absolute Gasteiger partial charge is 0.341 e. The van der Waals surface area contributed by atoms with Crippen molar-refractivity contribution in [1.29, 1.82) is 0 Å². The third-order valence-corrected chi connectivity index (χ3v) is 4.34. The van der Waals surface area contributed by atoms with Gasteiger partial charge in [-0.15, -0.1) is 0 Å². The van der Waals surface area contributed by atoms with E-state index in [1.807, 2.05) is 6.07 Å². The SMILES string of the molecule is CC(=O)C1CN(C(=O)CCc2cnc3c(c2)CCC(=O)N3)C1. The smallest absolute Gasteiger partial charge is 0.225 e. The molecule has 2 aliphatic rings. The van der Waals surface area contributed by atoms with Gasteiger partial charge >= 0.3 is 0 Å². The molecule has 1 N–H and O–H groups in total. The zero-order valence-corrected chi connectivity index (χ0v) is 12.6. The van der Waals surface area contributed by atoms with Gasteiger partial charge in [-0.3, -0.25) is 14.4 Å². The number of amides is 2. The van der Waals surface area contributed by atoms with Crippen LogP contribution < -0.4 is 5.32 Å². The van der Waals surface area contributed by atoms with E-state index in [2.05, 4.69) is 10.3 Å². The van der Waals surface area contributed by atoms with Crippen LogP contribution in [0.1, 0.15) is 30.9 Å². The molecule has 0 saturated carbocycles. The number of pyridine rings is 1. The Kier molecular flexibility index (Phi) is 3.92. The highest BCUT2D eigenvalue weighted by Gasteiger charge is 2.32. The van der Waals surface area contributed by atoms with E-state index >= 15 is 0 Å². The Labute approximate surface area is 128 Å². The van der Waals surface area contributed by atoms with E-state index < -0.39 is 0 Å². The number of anilines is 1. The van der Waals surface area contributed by atoms with Crippen molar-refractivity contribution >= 4 is 23.4 Å². The number of hydrogen-bond acceptors (Lipinski definition) is 4. The summed E-state index contributed by atoms with van der Waals surface area (Å²) in [7, 11) is 0. The molecule has 0 spiro atoms. The van der Waals surface area contributed by atoms with Crippen molar-refractivity contribution in [1.82, 2.24) is 9.88 Å². The van der Waals surface area contributed by atoms with Crippen LogP contribution >= 0.6 is 0 Å². The molecule has 0 aromatic carbocycles. The normalized spacial score (nSPS) is 17.5. The molecule has 1 aromatic heterocycles. The van der Waals surface area contributed by atoms with Gasteiger partial charge in [0.25, 0.3) is 0 Å². The summed E-state index contributed by atoms with van der Waals surface area (Å²) in [5.41, 5.74) is 2.04. The molecule has 6 heteroatoms. The molecule has 2 aliphatic heterocycles. The van der Waals surface area contributed by atoms with Crippen LogP contribution in [-0.4, -0.2) is 40.6 Å². The molecule has 3 heterocycles. The molecule has 2 amide bonds. The van der Waals surface area contributed by atoms with Crippen LogP contribution in [0.5, 0.6) is 0 Å². The van der Waals surface area contributed by atoms with E-state index in [0.29, 0.717) is 44.6 Å². The molecular formula is C16H19N3O3. The summed E-state index contributed by atoms with van der Waals surface area (Å²) in [6.07, 6.45) is 3.96. The minimum Gasteiger partial charge on any atom is -0.341 e. The number of likely N-dealkylation sites (tertiary alicyclic amines) is 1. The Morgan fingerprint density at radius 2 is 2.14 bits per heavy atom. The molecule has 0 unspecified atom stereocenters.